The van der Waals surface area contributed by atoms with Crippen molar-refractivity contribution in [3.63, 3.8) is 0 Å². The summed E-state index contributed by atoms with van der Waals surface area (Å²) in [6.07, 6.45) is 0. The van der Waals surface area contributed by atoms with Crippen LogP contribution in [0.1, 0.15) is 6.92 Å². The molecule has 0 aromatic carbocycles. The van der Waals surface area contributed by atoms with E-state index in [1.54, 1.807) is 0 Å². The molecule has 0 N–H and O–H groups in total. The zero-order valence-corrected chi connectivity index (χ0v) is 8.28. The Morgan fingerprint density at radius 1 is 1.88 bits per heavy atom. The van der Waals surface area contributed by atoms with E-state index in [1.807, 2.05) is 6.92 Å². The van der Waals surface area contributed by atoms with Gasteiger partial charge in [-0.15, -0.1) is 0 Å². The first-order chi connectivity index (χ1) is 3.72. The summed E-state index contributed by atoms with van der Waals surface area (Å²) in [5.41, 5.74) is 0. The van der Waals surface area contributed by atoms with Crippen molar-refractivity contribution in [1.29, 1.82) is 0 Å². The van der Waals surface area contributed by atoms with E-state index >= 15 is 0 Å². The quantitative estimate of drug-likeness (QED) is 0.447. The number of rotatable bonds is 2. The van der Waals surface area contributed by atoms with Crippen LogP contribution in [-0.4, -0.2) is 13.1 Å². The number of hydrogen-bond donors (Lipinski definition) is 0. The summed E-state index contributed by atoms with van der Waals surface area (Å²) in [5, 5.41) is 0.979. The molecule has 3 heteroatoms. The third-order valence-electron chi connectivity index (χ3n) is 1.04. The van der Waals surface area contributed by atoms with Crippen molar-refractivity contribution < 1.29 is 27.8 Å². The maximum atomic E-state index is 10.5. The summed E-state index contributed by atoms with van der Waals surface area (Å²) in [4.78, 5) is 10.5. The summed E-state index contributed by atoms with van der Waals surface area (Å²) in [5.74, 6) is 0.0243. The van der Waals surface area contributed by atoms with Crippen LogP contribution >= 0.6 is 0 Å². The Kier molecular flexibility index (Phi) is 4.07. The van der Waals surface area contributed by atoms with Gasteiger partial charge in [-0.2, -0.15) is 0 Å². The van der Waals surface area contributed by atoms with Crippen molar-refractivity contribution in [1.82, 2.24) is 0 Å². The average molecular weight is 167 g/mol. The molecule has 0 radical (unpaired) electrons. The second-order valence-electron chi connectivity index (χ2n) is 1.71. The van der Waals surface area contributed by atoms with Crippen LogP contribution in [-0.2, 0) is 27.8 Å². The van der Waals surface area contributed by atoms with Gasteiger partial charge in [0, 0.05) is 0 Å². The van der Waals surface area contributed by atoms with Gasteiger partial charge in [-0.25, -0.2) is 0 Å². The molecule has 0 fully saturated rings. The number of hydrogen-bond acceptors (Lipinski definition) is 2. The maximum absolute atomic E-state index is 10.5. The van der Waals surface area contributed by atoms with E-state index in [4.69, 9.17) is 0 Å². The van der Waals surface area contributed by atoms with Gasteiger partial charge in [0.25, 0.3) is 0 Å². The molecular formula is C5H9O2Zn. The van der Waals surface area contributed by atoms with E-state index in [0.717, 1.165) is 23.3 Å². The van der Waals surface area contributed by atoms with Crippen molar-refractivity contribution >= 4 is 5.97 Å². The number of methoxy groups -OCH3 is 1. The summed E-state index contributed by atoms with van der Waals surface area (Å²) < 4.78 is 4.48. The zero-order valence-electron chi connectivity index (χ0n) is 5.31. The molecule has 0 spiro atoms. The Balaban J connectivity index is 3.46. The average Bonchev–Trinajstić information content (AvgIpc) is 1.84. The molecule has 0 heterocycles. The number of ether oxygens (including phenoxy) is 1. The van der Waals surface area contributed by atoms with Crippen LogP contribution in [0.5, 0.6) is 0 Å². The van der Waals surface area contributed by atoms with Crippen LogP contribution in [0.15, 0.2) is 0 Å². The molecule has 0 rings (SSSR count). The molecule has 0 aliphatic rings. The fraction of sp³-hybridized carbons (Fsp3) is 0.800. The Morgan fingerprint density at radius 3 is 2.50 bits per heavy atom. The standard InChI is InChI=1S/C5H9O2.Zn/c1-4(2)5(6)7-3;/h4H,1H2,2-3H3;/t4-;/m0./s1. The fourth-order valence-corrected chi connectivity index (χ4v) is 0.814. The van der Waals surface area contributed by atoms with E-state index in [9.17, 15) is 4.79 Å². The van der Waals surface area contributed by atoms with Crippen LogP contribution in [0.25, 0.3) is 0 Å². The molecule has 0 aromatic heterocycles. The van der Waals surface area contributed by atoms with Crippen LogP contribution < -0.4 is 0 Å². The van der Waals surface area contributed by atoms with Gasteiger partial charge < -0.3 is 0 Å². The predicted molar refractivity (Wildman–Crippen MR) is 26.0 cm³/mol. The monoisotopic (exact) mass is 165 g/mol. The molecule has 0 unspecified atom stereocenters. The van der Waals surface area contributed by atoms with Gasteiger partial charge in [0.05, 0.1) is 0 Å². The minimum absolute atomic E-state index is 0.0868. The second-order valence-corrected chi connectivity index (χ2v) is 2.92. The molecule has 43 valence electrons. The van der Waals surface area contributed by atoms with Gasteiger partial charge in [0.2, 0.25) is 0 Å². The van der Waals surface area contributed by atoms with E-state index < -0.39 is 0 Å². The molecule has 0 amide bonds. The van der Waals surface area contributed by atoms with Crippen molar-refractivity contribution in [3.8, 4) is 0 Å². The third kappa shape index (κ3) is 2.41. The van der Waals surface area contributed by atoms with E-state index in [1.165, 1.54) is 7.11 Å². The molecule has 0 aliphatic carbocycles. The van der Waals surface area contributed by atoms with Gasteiger partial charge >= 0.3 is 58.8 Å². The SMILES string of the molecule is COC(=O)[C@H](C)[CH2][Zn]. The van der Waals surface area contributed by atoms with Crippen LogP contribution in [0.4, 0.5) is 0 Å². The van der Waals surface area contributed by atoms with E-state index in [0.29, 0.717) is 0 Å². The summed E-state index contributed by atoms with van der Waals surface area (Å²) >= 11 is 1.16. The molecule has 0 saturated carbocycles. The Hall–Kier alpha value is 0.0934. The molecule has 8 heavy (non-hydrogen) atoms. The van der Waals surface area contributed by atoms with Gasteiger partial charge in [0.15, 0.2) is 0 Å². The predicted octanol–water partition coefficient (Wildman–Crippen LogP) is 0.761. The first-order valence-electron chi connectivity index (χ1n) is 2.59. The van der Waals surface area contributed by atoms with E-state index in [-0.39, 0.29) is 11.9 Å². The number of carbonyl (C=O) groups excluding carboxylic acids is 1. The first kappa shape index (κ1) is 8.09. The Bertz CT molecular complexity index is 82.5. The molecule has 0 aliphatic heterocycles. The van der Waals surface area contributed by atoms with Gasteiger partial charge in [-0.1, -0.05) is 0 Å². The number of esters is 1. The molecular weight excluding hydrogens is 157 g/mol. The van der Waals surface area contributed by atoms with Gasteiger partial charge in [0.1, 0.15) is 0 Å². The molecule has 2 nitrogen and oxygen atoms in total. The molecule has 0 saturated heterocycles. The number of carbonyl (C=O) groups is 1. The summed E-state index contributed by atoms with van der Waals surface area (Å²) in [6.45, 7) is 1.88. The Morgan fingerprint density at radius 2 is 2.38 bits per heavy atom. The van der Waals surface area contributed by atoms with E-state index in [2.05, 4.69) is 4.74 Å². The third-order valence-corrected chi connectivity index (χ3v) is 2.85. The molecule has 1 atom stereocenters. The summed E-state index contributed by atoms with van der Waals surface area (Å²) in [6, 6.07) is 0. The topological polar surface area (TPSA) is 26.3 Å². The minimum atomic E-state index is -0.0868. The Labute approximate surface area is 59.3 Å². The molecule has 0 aromatic rings. The second kappa shape index (κ2) is 4.02. The van der Waals surface area contributed by atoms with Gasteiger partial charge in [-0.05, 0) is 0 Å². The van der Waals surface area contributed by atoms with Crippen LogP contribution in [0, 0.1) is 5.92 Å². The normalized spacial score (nSPS) is 13.0. The van der Waals surface area contributed by atoms with Crippen molar-refractivity contribution in [3.05, 3.63) is 0 Å². The first-order valence-corrected chi connectivity index (χ1v) is 4.69. The van der Waals surface area contributed by atoms with Crippen LogP contribution in [0.3, 0.4) is 0 Å². The summed E-state index contributed by atoms with van der Waals surface area (Å²) in [7, 11) is 1.43. The fourth-order valence-electron chi connectivity index (χ4n) is 0.319. The van der Waals surface area contributed by atoms with Crippen molar-refractivity contribution in [2.45, 2.75) is 11.9 Å². The van der Waals surface area contributed by atoms with Crippen LogP contribution in [0.2, 0.25) is 5.02 Å². The van der Waals surface area contributed by atoms with Gasteiger partial charge in [-0.3, -0.25) is 0 Å². The zero-order chi connectivity index (χ0) is 6.57. The van der Waals surface area contributed by atoms with Crippen molar-refractivity contribution in [2.24, 2.45) is 5.92 Å². The molecule has 0 bridgehead atoms. The van der Waals surface area contributed by atoms with Crippen molar-refractivity contribution in [2.75, 3.05) is 7.11 Å².